The number of carboxylic acids is 1. The molecule has 1 atom stereocenters. The quantitative estimate of drug-likeness (QED) is 0.837. The monoisotopic (exact) mass is 349 g/mol. The number of aromatic nitrogens is 2. The lowest BCUT2D eigenvalue weighted by Crippen LogP contribution is -2.30. The minimum atomic E-state index is -0.996. The number of hydrogen-bond acceptors (Lipinski definition) is 3. The molecule has 0 unspecified atom stereocenters. The fourth-order valence-corrected chi connectivity index (χ4v) is 2.65. The fourth-order valence-electron chi connectivity index (χ4n) is 2.52. The number of carbonyl (C=O) groups excluding carboxylic acids is 1. The summed E-state index contributed by atoms with van der Waals surface area (Å²) >= 11 is 5.86. The summed E-state index contributed by atoms with van der Waals surface area (Å²) in [5, 5.41) is 16.7. The molecule has 0 aliphatic rings. The van der Waals surface area contributed by atoms with E-state index in [0.717, 1.165) is 5.69 Å². The lowest BCUT2D eigenvalue weighted by atomic mass is 10.0. The highest BCUT2D eigenvalue weighted by atomic mass is 35.5. The van der Waals surface area contributed by atoms with Crippen molar-refractivity contribution in [2.45, 2.75) is 39.3 Å². The number of aliphatic carboxylic acids is 1. The third-order valence-corrected chi connectivity index (χ3v) is 3.99. The first-order valence-electron chi connectivity index (χ1n) is 7.61. The molecule has 0 fully saturated rings. The number of halogens is 1. The van der Waals surface area contributed by atoms with Crippen LogP contribution in [0.1, 0.15) is 54.0 Å². The average Bonchev–Trinajstić information content (AvgIpc) is 2.88. The van der Waals surface area contributed by atoms with Gasteiger partial charge in [-0.1, -0.05) is 23.7 Å². The van der Waals surface area contributed by atoms with Gasteiger partial charge in [0.25, 0.3) is 5.91 Å². The normalized spacial score (nSPS) is 12.2. The highest BCUT2D eigenvalue weighted by molar-refractivity contribution is 6.30. The highest BCUT2D eigenvalue weighted by Crippen LogP contribution is 2.21. The van der Waals surface area contributed by atoms with Crippen molar-refractivity contribution in [1.82, 2.24) is 15.1 Å². The molecule has 1 aromatic heterocycles. The van der Waals surface area contributed by atoms with E-state index in [1.165, 1.54) is 6.20 Å². The van der Waals surface area contributed by atoms with E-state index >= 15 is 0 Å². The topological polar surface area (TPSA) is 84.2 Å². The molecule has 2 rings (SSSR count). The van der Waals surface area contributed by atoms with Crippen molar-refractivity contribution in [3.05, 3.63) is 52.3 Å². The Morgan fingerprint density at radius 2 is 1.92 bits per heavy atom. The van der Waals surface area contributed by atoms with Crippen molar-refractivity contribution in [1.29, 1.82) is 0 Å². The van der Waals surface area contributed by atoms with Crippen LogP contribution in [0.25, 0.3) is 0 Å². The van der Waals surface area contributed by atoms with Gasteiger partial charge >= 0.3 is 5.97 Å². The Balaban J connectivity index is 2.24. The van der Waals surface area contributed by atoms with Crippen LogP contribution in [0.2, 0.25) is 5.02 Å². The van der Waals surface area contributed by atoms with Crippen LogP contribution in [0.4, 0.5) is 0 Å². The SMILES string of the molecule is Cc1c(C(=O)N[C@@H](CC(=O)O)c2ccc(Cl)cc2)cnn1C(C)C. The maximum Gasteiger partial charge on any atom is 0.305 e. The second-order valence-electron chi connectivity index (χ2n) is 5.86. The number of rotatable bonds is 6. The van der Waals surface area contributed by atoms with E-state index in [9.17, 15) is 9.59 Å². The molecule has 0 spiro atoms. The molecule has 24 heavy (non-hydrogen) atoms. The van der Waals surface area contributed by atoms with Gasteiger partial charge < -0.3 is 10.4 Å². The second-order valence-corrected chi connectivity index (χ2v) is 6.29. The molecule has 1 amide bonds. The van der Waals surface area contributed by atoms with Gasteiger partial charge in [-0.2, -0.15) is 5.10 Å². The van der Waals surface area contributed by atoms with Gasteiger partial charge in [-0.15, -0.1) is 0 Å². The van der Waals surface area contributed by atoms with Crippen LogP contribution in [0.3, 0.4) is 0 Å². The molecule has 0 bridgehead atoms. The number of amides is 1. The zero-order chi connectivity index (χ0) is 17.9. The molecule has 0 saturated carbocycles. The summed E-state index contributed by atoms with van der Waals surface area (Å²) in [6.45, 7) is 5.77. The number of nitrogens with one attached hydrogen (secondary N) is 1. The van der Waals surface area contributed by atoms with E-state index in [4.69, 9.17) is 16.7 Å². The van der Waals surface area contributed by atoms with Crippen molar-refractivity contribution >= 4 is 23.5 Å². The Kier molecular flexibility index (Phi) is 5.62. The maximum atomic E-state index is 12.6. The predicted molar refractivity (Wildman–Crippen MR) is 91.3 cm³/mol. The Labute approximate surface area is 145 Å². The van der Waals surface area contributed by atoms with Crippen molar-refractivity contribution in [2.75, 3.05) is 0 Å². The van der Waals surface area contributed by atoms with E-state index in [-0.39, 0.29) is 18.4 Å². The Hall–Kier alpha value is -2.34. The molecular formula is C17H20ClN3O3. The lowest BCUT2D eigenvalue weighted by Gasteiger charge is -2.17. The summed E-state index contributed by atoms with van der Waals surface area (Å²) in [7, 11) is 0. The van der Waals surface area contributed by atoms with Crippen molar-refractivity contribution in [2.24, 2.45) is 0 Å². The number of hydrogen-bond donors (Lipinski definition) is 2. The van der Waals surface area contributed by atoms with Crippen LogP contribution in [0.15, 0.2) is 30.5 Å². The molecular weight excluding hydrogens is 330 g/mol. The zero-order valence-corrected chi connectivity index (χ0v) is 14.5. The zero-order valence-electron chi connectivity index (χ0n) is 13.8. The summed E-state index contributed by atoms with van der Waals surface area (Å²) in [4.78, 5) is 23.7. The molecule has 0 radical (unpaired) electrons. The Bertz CT molecular complexity index is 738. The maximum absolute atomic E-state index is 12.6. The molecule has 128 valence electrons. The lowest BCUT2D eigenvalue weighted by molar-refractivity contribution is -0.137. The average molecular weight is 350 g/mol. The van der Waals surface area contributed by atoms with E-state index in [2.05, 4.69) is 10.4 Å². The molecule has 0 aliphatic carbocycles. The first-order valence-corrected chi connectivity index (χ1v) is 7.99. The minimum Gasteiger partial charge on any atom is -0.481 e. The molecule has 1 aromatic carbocycles. The van der Waals surface area contributed by atoms with Gasteiger partial charge in [0, 0.05) is 16.8 Å². The van der Waals surface area contributed by atoms with E-state index < -0.39 is 12.0 Å². The molecule has 6 nitrogen and oxygen atoms in total. The predicted octanol–water partition coefficient (Wildman–Crippen LogP) is 3.37. The summed E-state index contributed by atoms with van der Waals surface area (Å²) < 4.78 is 1.75. The van der Waals surface area contributed by atoms with Crippen LogP contribution in [0.5, 0.6) is 0 Å². The molecule has 7 heteroatoms. The van der Waals surface area contributed by atoms with Crippen LogP contribution in [-0.4, -0.2) is 26.8 Å². The van der Waals surface area contributed by atoms with Gasteiger partial charge in [0.05, 0.1) is 24.2 Å². The van der Waals surface area contributed by atoms with E-state index in [1.807, 2.05) is 20.8 Å². The van der Waals surface area contributed by atoms with Crippen molar-refractivity contribution in [3.8, 4) is 0 Å². The van der Waals surface area contributed by atoms with E-state index in [0.29, 0.717) is 16.1 Å². The fraction of sp³-hybridized carbons (Fsp3) is 0.353. The number of carboxylic acid groups (broad SMARTS) is 1. The largest absolute Gasteiger partial charge is 0.481 e. The second kappa shape index (κ2) is 7.49. The smallest absolute Gasteiger partial charge is 0.305 e. The van der Waals surface area contributed by atoms with Gasteiger partial charge in [-0.05, 0) is 38.5 Å². The summed E-state index contributed by atoms with van der Waals surface area (Å²) in [5.41, 5.74) is 1.87. The third-order valence-electron chi connectivity index (χ3n) is 3.73. The molecule has 2 N–H and O–H groups in total. The highest BCUT2D eigenvalue weighted by Gasteiger charge is 2.22. The first kappa shape index (κ1) is 18.0. The molecule has 2 aromatic rings. The van der Waals surface area contributed by atoms with Crippen molar-refractivity contribution < 1.29 is 14.7 Å². The Morgan fingerprint density at radius 3 is 2.42 bits per heavy atom. The number of carbonyl (C=O) groups is 2. The van der Waals surface area contributed by atoms with Gasteiger partial charge in [0.1, 0.15) is 0 Å². The van der Waals surface area contributed by atoms with Crippen LogP contribution >= 0.6 is 11.6 Å². The minimum absolute atomic E-state index is 0.137. The van der Waals surface area contributed by atoms with Crippen molar-refractivity contribution in [3.63, 3.8) is 0 Å². The van der Waals surface area contributed by atoms with Crippen LogP contribution < -0.4 is 5.32 Å². The Morgan fingerprint density at radius 1 is 1.29 bits per heavy atom. The molecule has 0 aliphatic heterocycles. The van der Waals surface area contributed by atoms with E-state index in [1.54, 1.807) is 28.9 Å². The number of benzene rings is 1. The van der Waals surface area contributed by atoms with Gasteiger partial charge in [0.15, 0.2) is 0 Å². The van der Waals surface area contributed by atoms with Crippen LogP contribution in [0, 0.1) is 6.92 Å². The van der Waals surface area contributed by atoms with Gasteiger partial charge in [0.2, 0.25) is 0 Å². The summed E-state index contributed by atoms with van der Waals surface area (Å²) in [6, 6.07) is 6.24. The third kappa shape index (κ3) is 4.14. The van der Waals surface area contributed by atoms with Crippen LogP contribution in [-0.2, 0) is 4.79 Å². The first-order chi connectivity index (χ1) is 11.3. The molecule has 0 saturated heterocycles. The standard InChI is InChI=1S/C17H20ClN3O3/c1-10(2)21-11(3)14(9-19-21)17(24)20-15(8-16(22)23)12-4-6-13(18)7-5-12/h4-7,9-10,15H,8H2,1-3H3,(H,20,24)(H,22,23)/t15-/m0/s1. The summed E-state index contributed by atoms with van der Waals surface area (Å²) in [6.07, 6.45) is 1.29. The van der Waals surface area contributed by atoms with Gasteiger partial charge in [-0.3, -0.25) is 14.3 Å². The van der Waals surface area contributed by atoms with Gasteiger partial charge in [-0.25, -0.2) is 0 Å². The number of nitrogens with zero attached hydrogens (tertiary/aromatic N) is 2. The summed E-state index contributed by atoms with van der Waals surface area (Å²) in [5.74, 6) is -1.34. The molecule has 1 heterocycles.